The molecule has 0 saturated carbocycles. The van der Waals surface area contributed by atoms with E-state index in [1.807, 2.05) is 55.5 Å². The van der Waals surface area contributed by atoms with Crippen LogP contribution in [0.15, 0.2) is 58.0 Å². The fourth-order valence-corrected chi connectivity index (χ4v) is 1.83. The minimum atomic E-state index is 0.525. The van der Waals surface area contributed by atoms with Crippen molar-refractivity contribution in [2.45, 2.75) is 6.92 Å². The van der Waals surface area contributed by atoms with Crippen molar-refractivity contribution in [3.05, 3.63) is 64.1 Å². The molecule has 0 spiro atoms. The molecule has 0 fully saturated rings. The Morgan fingerprint density at radius 2 is 1.71 bits per heavy atom. The highest BCUT2D eigenvalue weighted by Gasteiger charge is 2.00. The van der Waals surface area contributed by atoms with Gasteiger partial charge >= 0.3 is 0 Å². The van der Waals surface area contributed by atoms with Gasteiger partial charge in [-0.25, -0.2) is 4.99 Å². The SMILES string of the molecule is Cc1ccc(C(N)=Nc2ccccc2Br)cc1. The van der Waals surface area contributed by atoms with Gasteiger partial charge in [-0.1, -0.05) is 42.0 Å². The van der Waals surface area contributed by atoms with E-state index in [1.165, 1.54) is 5.56 Å². The molecule has 0 aliphatic heterocycles. The standard InChI is InChI=1S/C14H13BrN2/c1-10-6-8-11(9-7-10)14(16)17-13-5-3-2-4-12(13)15/h2-9H,1H3,(H2,16,17). The second-order valence-electron chi connectivity index (χ2n) is 3.81. The van der Waals surface area contributed by atoms with Gasteiger partial charge in [0.25, 0.3) is 0 Å². The molecule has 2 N–H and O–H groups in total. The van der Waals surface area contributed by atoms with Crippen molar-refractivity contribution in [2.75, 3.05) is 0 Å². The van der Waals surface area contributed by atoms with Gasteiger partial charge in [0.1, 0.15) is 5.84 Å². The van der Waals surface area contributed by atoms with Gasteiger partial charge in [0.15, 0.2) is 0 Å². The lowest BCUT2D eigenvalue weighted by Crippen LogP contribution is -2.12. The van der Waals surface area contributed by atoms with Gasteiger partial charge in [-0.15, -0.1) is 0 Å². The number of para-hydroxylation sites is 1. The predicted octanol–water partition coefficient (Wildman–Crippen LogP) is 3.79. The largest absolute Gasteiger partial charge is 0.383 e. The number of aliphatic imine (C=N–C) groups is 1. The van der Waals surface area contributed by atoms with Crippen LogP contribution >= 0.6 is 15.9 Å². The van der Waals surface area contributed by atoms with Crippen LogP contribution in [0.25, 0.3) is 0 Å². The molecule has 0 amide bonds. The summed E-state index contributed by atoms with van der Waals surface area (Å²) in [6.45, 7) is 2.05. The number of nitrogens with two attached hydrogens (primary N) is 1. The molecule has 2 aromatic carbocycles. The van der Waals surface area contributed by atoms with Crippen LogP contribution in [-0.4, -0.2) is 5.84 Å². The summed E-state index contributed by atoms with van der Waals surface area (Å²) in [5.41, 5.74) is 8.96. The van der Waals surface area contributed by atoms with Gasteiger partial charge in [0.05, 0.1) is 5.69 Å². The molecule has 0 atom stereocenters. The zero-order valence-electron chi connectivity index (χ0n) is 9.52. The first kappa shape index (κ1) is 11.9. The van der Waals surface area contributed by atoms with Crippen LogP contribution in [0.2, 0.25) is 0 Å². The Kier molecular flexibility index (Phi) is 3.59. The fraction of sp³-hybridized carbons (Fsp3) is 0.0714. The smallest absolute Gasteiger partial charge is 0.131 e. The van der Waals surface area contributed by atoms with E-state index in [1.54, 1.807) is 0 Å². The molecule has 86 valence electrons. The van der Waals surface area contributed by atoms with E-state index >= 15 is 0 Å². The Bertz CT molecular complexity index is 544. The van der Waals surface area contributed by atoms with Crippen molar-refractivity contribution < 1.29 is 0 Å². The number of nitrogens with zero attached hydrogens (tertiary/aromatic N) is 1. The first-order valence-corrected chi connectivity index (χ1v) is 6.12. The van der Waals surface area contributed by atoms with Crippen LogP contribution in [0.4, 0.5) is 5.69 Å². The number of hydrogen-bond acceptors (Lipinski definition) is 1. The fourth-order valence-electron chi connectivity index (χ4n) is 1.46. The van der Waals surface area contributed by atoms with Crippen molar-refractivity contribution in [1.29, 1.82) is 0 Å². The average Bonchev–Trinajstić information content (AvgIpc) is 2.33. The summed E-state index contributed by atoms with van der Waals surface area (Å²) in [5, 5.41) is 0. The summed E-state index contributed by atoms with van der Waals surface area (Å²) in [6, 6.07) is 15.8. The third kappa shape index (κ3) is 2.94. The topological polar surface area (TPSA) is 38.4 Å². The molecule has 0 unspecified atom stereocenters. The molecule has 0 aromatic heterocycles. The monoisotopic (exact) mass is 288 g/mol. The molecular weight excluding hydrogens is 276 g/mol. The number of amidine groups is 1. The van der Waals surface area contributed by atoms with Gasteiger partial charge in [-0.3, -0.25) is 0 Å². The number of rotatable bonds is 2. The van der Waals surface area contributed by atoms with Crippen molar-refractivity contribution in [1.82, 2.24) is 0 Å². The molecule has 17 heavy (non-hydrogen) atoms. The Hall–Kier alpha value is -1.61. The van der Waals surface area contributed by atoms with Crippen molar-refractivity contribution in [3.63, 3.8) is 0 Å². The van der Waals surface area contributed by atoms with Gasteiger partial charge in [0.2, 0.25) is 0 Å². The Labute approximate surface area is 109 Å². The van der Waals surface area contributed by atoms with E-state index < -0.39 is 0 Å². The van der Waals surface area contributed by atoms with Crippen molar-refractivity contribution in [3.8, 4) is 0 Å². The Morgan fingerprint density at radius 1 is 1.06 bits per heavy atom. The van der Waals surface area contributed by atoms with Crippen LogP contribution in [-0.2, 0) is 0 Å². The first-order chi connectivity index (χ1) is 8.16. The third-order valence-electron chi connectivity index (χ3n) is 2.44. The average molecular weight is 289 g/mol. The molecule has 0 heterocycles. The lowest BCUT2D eigenvalue weighted by Gasteiger charge is -2.03. The number of benzene rings is 2. The van der Waals surface area contributed by atoms with E-state index in [2.05, 4.69) is 20.9 Å². The second-order valence-corrected chi connectivity index (χ2v) is 4.67. The zero-order valence-corrected chi connectivity index (χ0v) is 11.1. The van der Waals surface area contributed by atoms with Crippen LogP contribution in [0.1, 0.15) is 11.1 Å². The number of aryl methyl sites for hydroxylation is 1. The van der Waals surface area contributed by atoms with E-state index in [0.717, 1.165) is 15.7 Å². The van der Waals surface area contributed by atoms with Crippen LogP contribution in [0.3, 0.4) is 0 Å². The zero-order chi connectivity index (χ0) is 12.3. The highest BCUT2D eigenvalue weighted by Crippen LogP contribution is 2.24. The van der Waals surface area contributed by atoms with Gasteiger partial charge in [-0.2, -0.15) is 0 Å². The quantitative estimate of drug-likeness (QED) is 0.663. The lowest BCUT2D eigenvalue weighted by atomic mass is 10.1. The molecule has 2 rings (SSSR count). The van der Waals surface area contributed by atoms with E-state index in [4.69, 9.17) is 5.73 Å². The van der Waals surface area contributed by atoms with Gasteiger partial charge in [0, 0.05) is 10.0 Å². The summed E-state index contributed by atoms with van der Waals surface area (Å²) in [7, 11) is 0. The second kappa shape index (κ2) is 5.15. The Balaban J connectivity index is 2.34. The minimum absolute atomic E-state index is 0.525. The number of halogens is 1. The molecule has 0 saturated heterocycles. The summed E-state index contributed by atoms with van der Waals surface area (Å²) in [4.78, 5) is 4.41. The van der Waals surface area contributed by atoms with E-state index in [-0.39, 0.29) is 0 Å². The predicted molar refractivity (Wildman–Crippen MR) is 75.7 cm³/mol. The molecule has 0 aliphatic carbocycles. The lowest BCUT2D eigenvalue weighted by molar-refractivity contribution is 1.41. The summed E-state index contributed by atoms with van der Waals surface area (Å²) in [6.07, 6.45) is 0. The van der Waals surface area contributed by atoms with E-state index in [0.29, 0.717) is 5.84 Å². The van der Waals surface area contributed by atoms with Crippen LogP contribution in [0.5, 0.6) is 0 Å². The van der Waals surface area contributed by atoms with Crippen molar-refractivity contribution in [2.24, 2.45) is 10.7 Å². The van der Waals surface area contributed by atoms with Gasteiger partial charge < -0.3 is 5.73 Å². The first-order valence-electron chi connectivity index (χ1n) is 5.32. The van der Waals surface area contributed by atoms with Crippen molar-refractivity contribution >= 4 is 27.5 Å². The Morgan fingerprint density at radius 3 is 2.35 bits per heavy atom. The summed E-state index contributed by atoms with van der Waals surface area (Å²) in [5.74, 6) is 0.525. The molecule has 2 aromatic rings. The highest BCUT2D eigenvalue weighted by molar-refractivity contribution is 9.10. The van der Waals surface area contributed by atoms with Gasteiger partial charge in [-0.05, 0) is 35.0 Å². The molecule has 0 aliphatic rings. The maximum absolute atomic E-state index is 5.98. The molecular formula is C14H13BrN2. The third-order valence-corrected chi connectivity index (χ3v) is 3.11. The maximum Gasteiger partial charge on any atom is 0.131 e. The molecule has 0 bridgehead atoms. The van der Waals surface area contributed by atoms with E-state index in [9.17, 15) is 0 Å². The minimum Gasteiger partial charge on any atom is -0.383 e. The van der Waals surface area contributed by atoms with Crippen LogP contribution in [0, 0.1) is 6.92 Å². The normalized spacial score (nSPS) is 11.5. The summed E-state index contributed by atoms with van der Waals surface area (Å²) < 4.78 is 0.940. The highest BCUT2D eigenvalue weighted by atomic mass is 79.9. The molecule has 2 nitrogen and oxygen atoms in total. The van der Waals surface area contributed by atoms with Crippen LogP contribution < -0.4 is 5.73 Å². The maximum atomic E-state index is 5.98. The molecule has 3 heteroatoms. The number of hydrogen-bond donors (Lipinski definition) is 1. The molecule has 0 radical (unpaired) electrons. The summed E-state index contributed by atoms with van der Waals surface area (Å²) >= 11 is 3.45.